The molecule has 236 valence electrons. The molecule has 4 aromatic heterocycles. The molecule has 8 N–H and O–H groups in total. The largest absolute Gasteiger partial charge is 0.695 e. The molecule has 0 saturated carbocycles. The van der Waals surface area contributed by atoms with Gasteiger partial charge in [0.2, 0.25) is 5.95 Å². The van der Waals surface area contributed by atoms with Crippen molar-refractivity contribution in [3.05, 3.63) is 35.3 Å². The minimum absolute atomic E-state index is 0.0158. The summed E-state index contributed by atoms with van der Waals surface area (Å²) in [4.78, 5) is 50.7. The van der Waals surface area contributed by atoms with Gasteiger partial charge in [-0.25, -0.2) is 23.9 Å². The number of aliphatic hydroxyl groups is 1. The Bertz CT molecular complexity index is 1820. The Morgan fingerprint density at radius 1 is 1.16 bits per heavy atom. The molecular formula is C21H25FN9O11P2+. The van der Waals surface area contributed by atoms with Gasteiger partial charge >= 0.3 is 16.1 Å². The van der Waals surface area contributed by atoms with E-state index < -0.39 is 77.9 Å². The number of fused-ring (bicyclic) bond motifs is 2. The highest BCUT2D eigenvalue weighted by Crippen LogP contribution is 2.50. The van der Waals surface area contributed by atoms with Crippen molar-refractivity contribution in [3.8, 4) is 0 Å². The van der Waals surface area contributed by atoms with Gasteiger partial charge in [-0.3, -0.25) is 28.0 Å². The maximum absolute atomic E-state index is 15.6. The number of hydrogen-bond donors (Lipinski definition) is 6. The van der Waals surface area contributed by atoms with Crippen LogP contribution in [0.3, 0.4) is 0 Å². The van der Waals surface area contributed by atoms with Crippen LogP contribution in [0.5, 0.6) is 0 Å². The number of aliphatic hydroxyl groups excluding tert-OH is 1. The van der Waals surface area contributed by atoms with Gasteiger partial charge in [0.25, 0.3) is 5.56 Å². The number of ether oxygens (including phenoxy) is 2. The lowest BCUT2D eigenvalue weighted by Gasteiger charge is -2.23. The molecule has 0 amide bonds. The summed E-state index contributed by atoms with van der Waals surface area (Å²) in [7, 11) is -8.33. The van der Waals surface area contributed by atoms with E-state index in [0.717, 1.165) is 0 Å². The number of halogens is 1. The van der Waals surface area contributed by atoms with Crippen molar-refractivity contribution < 1.29 is 51.5 Å². The summed E-state index contributed by atoms with van der Waals surface area (Å²) in [6, 6.07) is 1.49. The highest BCUT2D eigenvalue weighted by Gasteiger charge is 2.53. The first-order valence-corrected chi connectivity index (χ1v) is 15.4. The van der Waals surface area contributed by atoms with Gasteiger partial charge in [-0.2, -0.15) is 4.98 Å². The van der Waals surface area contributed by atoms with Crippen LogP contribution in [0.4, 0.5) is 16.0 Å². The van der Waals surface area contributed by atoms with Crippen molar-refractivity contribution in [1.82, 2.24) is 34.1 Å². The lowest BCUT2D eigenvalue weighted by atomic mass is 10.1. The molecule has 0 radical (unpaired) electrons. The minimum atomic E-state index is -5.01. The van der Waals surface area contributed by atoms with Crippen LogP contribution in [0.15, 0.2) is 29.7 Å². The molecule has 2 fully saturated rings. The predicted molar refractivity (Wildman–Crippen MR) is 144 cm³/mol. The Balaban J connectivity index is 1.20. The van der Waals surface area contributed by atoms with Crippen molar-refractivity contribution in [3.63, 3.8) is 0 Å². The maximum Gasteiger partial charge on any atom is 0.695 e. The molecule has 20 nitrogen and oxygen atoms in total. The summed E-state index contributed by atoms with van der Waals surface area (Å²) in [5.41, 5.74) is 11.5. The topological polar surface area (TPSA) is 287 Å². The summed E-state index contributed by atoms with van der Waals surface area (Å²) in [5.74, 6) is -0.222. The number of imidazole rings is 2. The van der Waals surface area contributed by atoms with Gasteiger partial charge < -0.3 is 30.9 Å². The number of anilines is 2. The van der Waals surface area contributed by atoms with Gasteiger partial charge in [0.15, 0.2) is 41.5 Å². The number of hydrogen-bond acceptors (Lipinski definition) is 15. The number of nitrogen functional groups attached to an aromatic ring is 2. The molecule has 2 saturated heterocycles. The number of H-pyrrole nitrogens is 1. The second-order valence-corrected chi connectivity index (χ2v) is 11.9. The molecule has 0 aromatic carbocycles. The third-order valence-corrected chi connectivity index (χ3v) is 8.43. The Labute approximate surface area is 245 Å². The molecule has 44 heavy (non-hydrogen) atoms. The van der Waals surface area contributed by atoms with E-state index in [1.807, 2.05) is 0 Å². The summed E-state index contributed by atoms with van der Waals surface area (Å²) >= 11 is 0. The van der Waals surface area contributed by atoms with Gasteiger partial charge in [-0.05, 0) is 6.07 Å². The van der Waals surface area contributed by atoms with Crippen molar-refractivity contribution >= 4 is 50.0 Å². The van der Waals surface area contributed by atoms with E-state index in [-0.39, 0.29) is 40.4 Å². The van der Waals surface area contributed by atoms with Crippen LogP contribution in [-0.2, 0) is 32.2 Å². The van der Waals surface area contributed by atoms with Crippen LogP contribution in [-0.4, -0.2) is 92.7 Å². The Morgan fingerprint density at radius 3 is 2.61 bits per heavy atom. The van der Waals surface area contributed by atoms with Gasteiger partial charge in [-0.15, -0.1) is 9.42 Å². The van der Waals surface area contributed by atoms with E-state index in [4.69, 9.17) is 34.5 Å². The van der Waals surface area contributed by atoms with Gasteiger partial charge in [0.1, 0.15) is 17.7 Å². The first-order valence-electron chi connectivity index (χ1n) is 12.8. The number of nitrogens with two attached hydrogens (primary N) is 2. The van der Waals surface area contributed by atoms with Crippen molar-refractivity contribution in [1.29, 1.82) is 0 Å². The Hall–Kier alpha value is -3.49. The summed E-state index contributed by atoms with van der Waals surface area (Å²) in [5, 5.41) is 9.67. The Kier molecular flexibility index (Phi) is 8.18. The highest BCUT2D eigenvalue weighted by molar-refractivity contribution is 7.47. The third-order valence-electron chi connectivity index (χ3n) is 6.99. The highest BCUT2D eigenvalue weighted by atomic mass is 31.2. The fourth-order valence-corrected chi connectivity index (χ4v) is 6.48. The summed E-state index contributed by atoms with van der Waals surface area (Å²) in [6.45, 7) is -1.31. The number of phosphoric ester groups is 1. The molecule has 6 heterocycles. The maximum atomic E-state index is 15.6. The minimum Gasteiger partial charge on any atom is -0.397 e. The molecule has 0 aliphatic carbocycles. The quantitative estimate of drug-likeness (QED) is 0.120. The molecule has 2 aliphatic rings. The number of phosphoric acid groups is 1. The van der Waals surface area contributed by atoms with E-state index in [1.54, 1.807) is 0 Å². The normalized spacial score (nSPS) is 29.0. The number of alkyl halides is 1. The van der Waals surface area contributed by atoms with Gasteiger partial charge in [0.05, 0.1) is 37.7 Å². The van der Waals surface area contributed by atoms with Crippen LogP contribution in [0, 0.1) is 0 Å². The summed E-state index contributed by atoms with van der Waals surface area (Å²) < 4.78 is 69.4. The molecule has 4 unspecified atom stereocenters. The van der Waals surface area contributed by atoms with Gasteiger partial charge in [0, 0.05) is 17.2 Å². The molecule has 9 atom stereocenters. The fourth-order valence-electron chi connectivity index (χ4n) is 5.09. The second-order valence-electron chi connectivity index (χ2n) is 9.79. The smallest absolute Gasteiger partial charge is 0.397 e. The van der Waals surface area contributed by atoms with E-state index in [1.165, 1.54) is 34.1 Å². The zero-order valence-corrected chi connectivity index (χ0v) is 24.0. The van der Waals surface area contributed by atoms with Gasteiger partial charge in [-0.1, -0.05) is 0 Å². The zero-order valence-electron chi connectivity index (χ0n) is 22.2. The number of nitrogens with one attached hydrogen (secondary N) is 1. The number of aromatic nitrogens is 7. The van der Waals surface area contributed by atoms with Crippen LogP contribution < -0.4 is 17.0 Å². The zero-order chi connectivity index (χ0) is 31.3. The van der Waals surface area contributed by atoms with E-state index in [0.29, 0.717) is 0 Å². The Morgan fingerprint density at radius 2 is 1.89 bits per heavy atom. The standard InChI is InChI=1S/C21H24FN9O11P2/c22-12-15(41-43(34)35)11(40-20(12)30-6-26-13-9(23)1-2-25-16(13)30)5-38-44(36,37)42-10-3-8(4-32)39-19(10)31-7-27-14-17(31)28-21(24)29-18(14)33/h1-2,6-8,10-12,15,19-20,32H,3-5H2,(H6-,23,24,25,28,29,33,34,35,36,37)/p+1/t8-,10?,11+,12?,15-,19+,20+/m0/s1. The fraction of sp³-hybridized carbons (Fsp3) is 0.476. The lowest BCUT2D eigenvalue weighted by molar-refractivity contribution is -0.0589. The number of pyridine rings is 1. The summed E-state index contributed by atoms with van der Waals surface area (Å²) in [6.07, 6.45) is -6.41. The number of nitrogens with zero attached hydrogens (tertiary/aromatic N) is 6. The average molecular weight is 660 g/mol. The second kappa shape index (κ2) is 11.8. The monoisotopic (exact) mass is 660 g/mol. The molecule has 4 aromatic rings. The van der Waals surface area contributed by atoms with Crippen LogP contribution in [0.2, 0.25) is 0 Å². The van der Waals surface area contributed by atoms with Crippen molar-refractivity contribution in [2.75, 3.05) is 24.7 Å². The van der Waals surface area contributed by atoms with Crippen LogP contribution in [0.25, 0.3) is 22.3 Å². The molecular weight excluding hydrogens is 635 g/mol. The predicted octanol–water partition coefficient (Wildman–Crippen LogP) is -0.219. The third kappa shape index (κ3) is 5.70. The molecule has 23 heteroatoms. The lowest BCUT2D eigenvalue weighted by Crippen LogP contribution is -2.33. The van der Waals surface area contributed by atoms with E-state index >= 15 is 4.39 Å². The number of aromatic amines is 1. The SMILES string of the molecule is Nc1nc2c(ncn2[C@@H]2O[C@H](CO)CC2OP(=O)(O)OC[C@H]2O[C@@H](n3cnc4c(N)ccnc43)C(F)[C@H]2O[P+](=O)O)c(=O)[nH]1. The van der Waals surface area contributed by atoms with E-state index in [9.17, 15) is 28.8 Å². The molecule has 0 spiro atoms. The average Bonchev–Trinajstić information content (AvgIpc) is 3.73. The molecule has 6 rings (SSSR count). The van der Waals surface area contributed by atoms with Crippen molar-refractivity contribution in [2.45, 2.75) is 49.5 Å². The van der Waals surface area contributed by atoms with E-state index in [2.05, 4.69) is 24.9 Å². The first kappa shape index (κ1) is 30.5. The van der Waals surface area contributed by atoms with Crippen LogP contribution in [0.1, 0.15) is 18.9 Å². The van der Waals surface area contributed by atoms with Crippen molar-refractivity contribution in [2.24, 2.45) is 0 Å². The van der Waals surface area contributed by atoms with Crippen LogP contribution >= 0.6 is 16.1 Å². The molecule has 2 aliphatic heterocycles. The molecule has 0 bridgehead atoms. The number of rotatable bonds is 10. The first-order chi connectivity index (χ1) is 21.0.